The van der Waals surface area contributed by atoms with Gasteiger partial charge in [-0.3, -0.25) is 14.4 Å². The highest BCUT2D eigenvalue weighted by Gasteiger charge is 2.23. The smallest absolute Gasteiger partial charge is 0.325 e. The van der Waals surface area contributed by atoms with Crippen LogP contribution in [0, 0.1) is 4.91 Å². The first-order valence-electron chi connectivity index (χ1n) is 6.23. The van der Waals surface area contributed by atoms with Gasteiger partial charge in [-0.05, 0) is 12.1 Å². The Morgan fingerprint density at radius 3 is 2.50 bits per heavy atom. The molecular weight excluding hydrogens is 294 g/mol. The number of rotatable bonds is 8. The van der Waals surface area contributed by atoms with Gasteiger partial charge in [-0.25, -0.2) is 0 Å². The second kappa shape index (κ2) is 9.06. The van der Waals surface area contributed by atoms with Crippen LogP contribution < -0.4 is 10.6 Å². The molecule has 0 aliphatic rings. The first-order chi connectivity index (χ1) is 10.6. The Kier molecular flexibility index (Phi) is 7.03. The van der Waals surface area contributed by atoms with Crippen molar-refractivity contribution in [3.63, 3.8) is 0 Å². The minimum absolute atomic E-state index is 0.326. The summed E-state index contributed by atoms with van der Waals surface area (Å²) in [6, 6.07) is 6.97. The van der Waals surface area contributed by atoms with Gasteiger partial charge in [0.05, 0.1) is 7.11 Å². The third-order valence-electron chi connectivity index (χ3n) is 2.59. The maximum atomic E-state index is 12.0. The number of esters is 1. The lowest BCUT2D eigenvalue weighted by atomic mass is 10.2. The highest BCUT2D eigenvalue weighted by Crippen LogP contribution is 1.99. The fourth-order valence-corrected chi connectivity index (χ4v) is 1.47. The van der Waals surface area contributed by atoms with Crippen LogP contribution in [-0.4, -0.2) is 44.1 Å². The van der Waals surface area contributed by atoms with E-state index in [4.69, 9.17) is 0 Å². The van der Waals surface area contributed by atoms with Gasteiger partial charge in [-0.15, -0.1) is 4.91 Å². The molecule has 0 aromatic heterocycles. The number of methoxy groups -OCH3 is 1. The summed E-state index contributed by atoms with van der Waals surface area (Å²) in [4.78, 5) is 49.1. The Labute approximate surface area is 125 Å². The van der Waals surface area contributed by atoms with Crippen LogP contribution in [0.5, 0.6) is 0 Å². The number of nitrogens with one attached hydrogen (secondary N) is 2. The lowest BCUT2D eigenvalue weighted by molar-refractivity contribution is -0.141. The van der Waals surface area contributed by atoms with Gasteiger partial charge in [0.25, 0.3) is 5.91 Å². The lowest BCUT2D eigenvalue weighted by Crippen LogP contribution is -2.50. The van der Waals surface area contributed by atoms with Crippen LogP contribution in [-0.2, 0) is 19.2 Å². The Hall–Kier alpha value is -2.97. The van der Waals surface area contributed by atoms with Crippen LogP contribution in [0.4, 0.5) is 0 Å². The molecule has 0 aliphatic heterocycles. The molecule has 0 unspecified atom stereocenters. The van der Waals surface area contributed by atoms with Gasteiger partial charge in [-0.2, -0.15) is 0 Å². The standard InChI is InChI=1S/C13H15N3O6/c1-21-11(17)7-14-13(19)10(8-22-16-20)15-12(18)9-5-3-2-4-6-9/h2-6,10H,7-8H2,1H3,(H,14,19)(H,15,18)/t10-/m0/s1. The fourth-order valence-electron chi connectivity index (χ4n) is 1.47. The quantitative estimate of drug-likeness (QED) is 0.388. The molecule has 9 nitrogen and oxygen atoms in total. The molecule has 2 N–H and O–H groups in total. The van der Waals surface area contributed by atoms with Crippen LogP contribution in [0.15, 0.2) is 35.7 Å². The van der Waals surface area contributed by atoms with Crippen molar-refractivity contribution in [3.05, 3.63) is 40.8 Å². The molecule has 1 aromatic carbocycles. The minimum atomic E-state index is -1.19. The number of benzene rings is 1. The molecule has 0 heterocycles. The molecule has 1 rings (SSSR count). The predicted molar refractivity (Wildman–Crippen MR) is 74.5 cm³/mol. The van der Waals surface area contributed by atoms with Gasteiger partial charge in [0, 0.05) is 5.56 Å². The van der Waals surface area contributed by atoms with E-state index < -0.39 is 30.4 Å². The van der Waals surface area contributed by atoms with E-state index in [1.165, 1.54) is 7.11 Å². The molecule has 22 heavy (non-hydrogen) atoms. The molecule has 1 aromatic rings. The van der Waals surface area contributed by atoms with Gasteiger partial charge in [0.15, 0.2) is 5.34 Å². The summed E-state index contributed by atoms with van der Waals surface area (Å²) >= 11 is 0. The summed E-state index contributed by atoms with van der Waals surface area (Å²) in [7, 11) is 1.17. The van der Waals surface area contributed by atoms with E-state index in [2.05, 4.69) is 25.5 Å². The number of amides is 2. The van der Waals surface area contributed by atoms with Crippen LogP contribution in [0.3, 0.4) is 0 Å². The second-order valence-electron chi connectivity index (χ2n) is 4.06. The monoisotopic (exact) mass is 309 g/mol. The zero-order valence-corrected chi connectivity index (χ0v) is 11.8. The molecule has 9 heteroatoms. The highest BCUT2D eigenvalue weighted by molar-refractivity contribution is 5.97. The van der Waals surface area contributed by atoms with E-state index in [1.54, 1.807) is 30.3 Å². The fraction of sp³-hybridized carbons (Fsp3) is 0.308. The molecule has 118 valence electrons. The third-order valence-corrected chi connectivity index (χ3v) is 2.59. The SMILES string of the molecule is COC(=O)CNC(=O)[C@H](CON=O)NC(=O)c1ccccc1. The summed E-state index contributed by atoms with van der Waals surface area (Å²) in [5, 5.41) is 6.81. The topological polar surface area (TPSA) is 123 Å². The summed E-state index contributed by atoms with van der Waals surface area (Å²) < 4.78 is 4.37. The number of carbonyl (C=O) groups excluding carboxylic acids is 3. The number of hydrogen-bond acceptors (Lipinski definition) is 7. The number of carbonyl (C=O) groups is 3. The summed E-state index contributed by atoms with van der Waals surface area (Å²) in [6.45, 7) is -0.837. The van der Waals surface area contributed by atoms with Crippen molar-refractivity contribution in [1.29, 1.82) is 0 Å². The number of hydrogen-bond donors (Lipinski definition) is 2. The molecule has 0 aliphatic carbocycles. The zero-order chi connectivity index (χ0) is 16.4. The van der Waals surface area contributed by atoms with E-state index in [1.807, 2.05) is 0 Å². The Morgan fingerprint density at radius 1 is 1.23 bits per heavy atom. The van der Waals surface area contributed by atoms with Crippen LogP contribution in [0.2, 0.25) is 0 Å². The summed E-state index contributed by atoms with van der Waals surface area (Å²) in [6.07, 6.45) is 0. The molecule has 0 saturated heterocycles. The van der Waals surface area contributed by atoms with Gasteiger partial charge >= 0.3 is 5.97 Å². The molecule has 0 bridgehead atoms. The molecular formula is C13H15N3O6. The zero-order valence-electron chi connectivity index (χ0n) is 11.8. The Bertz CT molecular complexity index is 534. The summed E-state index contributed by atoms with van der Waals surface area (Å²) in [5.41, 5.74) is 0.326. The lowest BCUT2D eigenvalue weighted by Gasteiger charge is -2.16. The maximum absolute atomic E-state index is 12.0. The van der Waals surface area contributed by atoms with Gasteiger partial charge in [0.2, 0.25) is 5.91 Å². The van der Waals surface area contributed by atoms with E-state index in [9.17, 15) is 19.3 Å². The first kappa shape index (κ1) is 17.1. The molecule has 1 atom stereocenters. The van der Waals surface area contributed by atoms with Gasteiger partial charge in [-0.1, -0.05) is 18.2 Å². The van der Waals surface area contributed by atoms with Crippen molar-refractivity contribution in [2.24, 2.45) is 5.34 Å². The Balaban J connectivity index is 2.67. The highest BCUT2D eigenvalue weighted by atomic mass is 16.7. The van der Waals surface area contributed by atoms with Crippen LogP contribution in [0.1, 0.15) is 10.4 Å². The van der Waals surface area contributed by atoms with Gasteiger partial charge < -0.3 is 20.2 Å². The molecule has 0 spiro atoms. The minimum Gasteiger partial charge on any atom is -0.468 e. The van der Waals surface area contributed by atoms with E-state index in [-0.39, 0.29) is 6.54 Å². The number of ether oxygens (including phenoxy) is 1. The Morgan fingerprint density at radius 2 is 1.91 bits per heavy atom. The predicted octanol–water partition coefficient (Wildman–Crippen LogP) is -0.228. The van der Waals surface area contributed by atoms with E-state index >= 15 is 0 Å². The normalized spacial score (nSPS) is 11.0. The van der Waals surface area contributed by atoms with Crippen molar-refractivity contribution in [2.45, 2.75) is 6.04 Å². The molecule has 0 radical (unpaired) electrons. The largest absolute Gasteiger partial charge is 0.468 e. The average Bonchev–Trinajstić information content (AvgIpc) is 2.56. The maximum Gasteiger partial charge on any atom is 0.325 e. The molecule has 0 fully saturated rings. The average molecular weight is 309 g/mol. The van der Waals surface area contributed by atoms with Crippen molar-refractivity contribution in [1.82, 2.24) is 10.6 Å². The molecule has 0 saturated carbocycles. The number of nitrogens with zero attached hydrogens (tertiary/aromatic N) is 1. The van der Waals surface area contributed by atoms with Crippen molar-refractivity contribution in [2.75, 3.05) is 20.3 Å². The first-order valence-corrected chi connectivity index (χ1v) is 6.23. The van der Waals surface area contributed by atoms with Crippen molar-refractivity contribution >= 4 is 17.8 Å². The van der Waals surface area contributed by atoms with E-state index in [0.717, 1.165) is 0 Å². The van der Waals surface area contributed by atoms with Crippen LogP contribution >= 0.6 is 0 Å². The third kappa shape index (κ3) is 5.57. The van der Waals surface area contributed by atoms with Gasteiger partial charge in [0.1, 0.15) is 19.2 Å². The summed E-state index contributed by atoms with van der Waals surface area (Å²) in [5.74, 6) is -1.90. The second-order valence-corrected chi connectivity index (χ2v) is 4.06. The van der Waals surface area contributed by atoms with E-state index in [0.29, 0.717) is 5.56 Å². The van der Waals surface area contributed by atoms with Crippen LogP contribution in [0.25, 0.3) is 0 Å². The molecule has 2 amide bonds. The van der Waals surface area contributed by atoms with Crippen molar-refractivity contribution in [3.8, 4) is 0 Å². The van der Waals surface area contributed by atoms with Crippen molar-refractivity contribution < 1.29 is 24.0 Å².